The Hall–Kier alpha value is -1.20. The van der Waals surface area contributed by atoms with Crippen LogP contribution in [0, 0.1) is 13.8 Å². The Balaban J connectivity index is 2.57. The maximum Gasteiger partial charge on any atom is 0.319 e. The lowest BCUT2D eigenvalue weighted by Crippen LogP contribution is -2.43. The van der Waals surface area contributed by atoms with Gasteiger partial charge in [-0.2, -0.15) is 11.8 Å². The van der Waals surface area contributed by atoms with Gasteiger partial charge in [0.25, 0.3) is 0 Å². The number of urea groups is 1. The number of hydrogen-bond donors (Lipinski definition) is 3. The molecule has 5 heteroatoms. The first kappa shape index (κ1) is 15.9. The van der Waals surface area contributed by atoms with Crippen LogP contribution in [0.2, 0.25) is 0 Å². The van der Waals surface area contributed by atoms with E-state index in [0.29, 0.717) is 0 Å². The molecule has 106 valence electrons. The predicted molar refractivity (Wildman–Crippen MR) is 81.9 cm³/mol. The second-order valence-corrected chi connectivity index (χ2v) is 5.72. The molecule has 0 saturated heterocycles. The molecule has 0 aliphatic rings. The Kier molecular flexibility index (Phi) is 6.18. The molecule has 4 nitrogen and oxygen atoms in total. The molecule has 0 aliphatic carbocycles. The Labute approximate surface area is 119 Å². The Bertz CT molecular complexity index is 433. The van der Waals surface area contributed by atoms with Crippen molar-refractivity contribution in [1.29, 1.82) is 0 Å². The summed E-state index contributed by atoms with van der Waals surface area (Å²) in [4.78, 5) is 11.8. The molecule has 1 aromatic rings. The number of aliphatic hydroxyl groups excluding tert-OH is 1. The zero-order valence-corrected chi connectivity index (χ0v) is 12.7. The average Bonchev–Trinajstić information content (AvgIpc) is 2.35. The Morgan fingerprint density at radius 1 is 1.37 bits per heavy atom. The van der Waals surface area contributed by atoms with E-state index in [9.17, 15) is 9.90 Å². The number of anilines is 1. The lowest BCUT2D eigenvalue weighted by Gasteiger charge is -2.21. The van der Waals surface area contributed by atoms with E-state index in [1.54, 1.807) is 0 Å². The molecular weight excluding hydrogens is 260 g/mol. The van der Waals surface area contributed by atoms with Crippen LogP contribution in [0.4, 0.5) is 10.5 Å². The number of aryl methyl sites for hydroxylation is 2. The van der Waals surface area contributed by atoms with E-state index < -0.39 is 0 Å². The fourth-order valence-electron chi connectivity index (χ4n) is 1.72. The highest BCUT2D eigenvalue weighted by Crippen LogP contribution is 2.14. The van der Waals surface area contributed by atoms with Gasteiger partial charge in [-0.05, 0) is 50.3 Å². The number of nitrogens with one attached hydrogen (secondary N) is 2. The van der Waals surface area contributed by atoms with Crippen molar-refractivity contribution >= 4 is 23.5 Å². The van der Waals surface area contributed by atoms with Gasteiger partial charge >= 0.3 is 6.03 Å². The van der Waals surface area contributed by atoms with Gasteiger partial charge in [-0.15, -0.1) is 0 Å². The number of carbonyl (C=O) groups excluding carboxylic acids is 1. The average molecular weight is 282 g/mol. The van der Waals surface area contributed by atoms with Crippen molar-refractivity contribution in [3.8, 4) is 0 Å². The highest BCUT2D eigenvalue weighted by atomic mass is 32.2. The molecule has 0 aliphatic heterocycles. The molecule has 3 N–H and O–H groups in total. The zero-order valence-electron chi connectivity index (χ0n) is 11.9. The normalized spacial score (nSPS) is 13.7. The van der Waals surface area contributed by atoms with Crippen molar-refractivity contribution in [2.45, 2.75) is 32.1 Å². The first-order valence-corrected chi connectivity index (χ1v) is 7.55. The van der Waals surface area contributed by atoms with E-state index in [2.05, 4.69) is 10.6 Å². The van der Waals surface area contributed by atoms with Crippen molar-refractivity contribution in [1.82, 2.24) is 5.32 Å². The summed E-state index contributed by atoms with van der Waals surface area (Å²) in [7, 11) is 0. The quantitative estimate of drug-likeness (QED) is 0.778. The van der Waals surface area contributed by atoms with Crippen LogP contribution in [0.1, 0.15) is 18.1 Å². The first-order valence-electron chi connectivity index (χ1n) is 6.26. The minimum absolute atomic E-state index is 0.00510. The minimum atomic E-state index is -0.247. The van der Waals surface area contributed by atoms with Crippen molar-refractivity contribution in [3.63, 3.8) is 0 Å². The van der Waals surface area contributed by atoms with Gasteiger partial charge in [0.2, 0.25) is 0 Å². The van der Waals surface area contributed by atoms with Crippen LogP contribution in [0.15, 0.2) is 18.2 Å². The number of rotatable bonds is 5. The second kappa shape index (κ2) is 7.40. The van der Waals surface area contributed by atoms with Crippen LogP contribution in [-0.2, 0) is 0 Å². The SMILES string of the molecule is CSC(CO)C(C)NC(=O)Nc1ccc(C)c(C)c1. The molecule has 0 radical (unpaired) electrons. The molecular formula is C14H22N2O2S. The van der Waals surface area contributed by atoms with Crippen LogP contribution < -0.4 is 10.6 Å². The molecule has 2 amide bonds. The highest BCUT2D eigenvalue weighted by molar-refractivity contribution is 7.99. The molecule has 0 bridgehead atoms. The standard InChI is InChI=1S/C14H22N2O2S/c1-9-5-6-12(7-10(9)2)16-14(18)15-11(3)13(8-17)19-4/h5-7,11,13,17H,8H2,1-4H3,(H2,15,16,18). The van der Waals surface area contributed by atoms with Gasteiger partial charge < -0.3 is 15.7 Å². The maximum atomic E-state index is 11.8. The predicted octanol–water partition coefficient (Wildman–Crippen LogP) is 2.54. The third-order valence-electron chi connectivity index (χ3n) is 3.16. The Morgan fingerprint density at radius 3 is 2.58 bits per heavy atom. The van der Waals surface area contributed by atoms with Crippen LogP contribution >= 0.6 is 11.8 Å². The van der Waals surface area contributed by atoms with Crippen molar-refractivity contribution in [2.75, 3.05) is 18.2 Å². The third-order valence-corrected chi connectivity index (χ3v) is 4.33. The molecule has 1 rings (SSSR count). The molecule has 0 heterocycles. The third kappa shape index (κ3) is 4.76. The molecule has 19 heavy (non-hydrogen) atoms. The van der Waals surface area contributed by atoms with Crippen molar-refractivity contribution < 1.29 is 9.90 Å². The van der Waals surface area contributed by atoms with Gasteiger partial charge in [-0.1, -0.05) is 6.07 Å². The smallest absolute Gasteiger partial charge is 0.319 e. The van der Waals surface area contributed by atoms with E-state index in [-0.39, 0.29) is 23.9 Å². The second-order valence-electron chi connectivity index (χ2n) is 4.64. The summed E-state index contributed by atoms with van der Waals surface area (Å²) < 4.78 is 0. The number of carbonyl (C=O) groups is 1. The largest absolute Gasteiger partial charge is 0.395 e. The lowest BCUT2D eigenvalue weighted by molar-refractivity contribution is 0.243. The molecule has 0 fully saturated rings. The van der Waals surface area contributed by atoms with E-state index in [0.717, 1.165) is 11.3 Å². The fourth-order valence-corrected chi connectivity index (χ4v) is 2.35. The van der Waals surface area contributed by atoms with Crippen molar-refractivity contribution in [2.24, 2.45) is 0 Å². The summed E-state index contributed by atoms with van der Waals surface area (Å²) in [6.45, 7) is 5.98. The van der Waals surface area contributed by atoms with Crippen LogP contribution in [0.3, 0.4) is 0 Å². The topological polar surface area (TPSA) is 61.4 Å². The number of amides is 2. The maximum absolute atomic E-state index is 11.8. The van der Waals surface area contributed by atoms with E-state index in [1.807, 2.05) is 45.2 Å². The van der Waals surface area contributed by atoms with E-state index in [4.69, 9.17) is 0 Å². The van der Waals surface area contributed by atoms with Crippen molar-refractivity contribution in [3.05, 3.63) is 29.3 Å². The summed E-state index contributed by atoms with van der Waals surface area (Å²) in [5, 5.41) is 14.8. The number of aliphatic hydroxyl groups is 1. The number of benzene rings is 1. The Morgan fingerprint density at radius 2 is 2.05 bits per heavy atom. The van der Waals surface area contributed by atoms with Gasteiger partial charge in [0.15, 0.2) is 0 Å². The zero-order chi connectivity index (χ0) is 14.4. The van der Waals surface area contributed by atoms with Gasteiger partial charge in [-0.3, -0.25) is 0 Å². The molecule has 0 spiro atoms. The summed E-state index contributed by atoms with van der Waals surface area (Å²) in [5.41, 5.74) is 3.11. The molecule has 1 aromatic carbocycles. The molecule has 2 atom stereocenters. The number of hydrogen-bond acceptors (Lipinski definition) is 3. The van der Waals surface area contributed by atoms with E-state index >= 15 is 0 Å². The van der Waals surface area contributed by atoms with Gasteiger partial charge in [0.1, 0.15) is 0 Å². The first-order chi connectivity index (χ1) is 8.97. The van der Waals surface area contributed by atoms with Crippen LogP contribution in [0.5, 0.6) is 0 Å². The highest BCUT2D eigenvalue weighted by Gasteiger charge is 2.17. The molecule has 0 aromatic heterocycles. The summed E-state index contributed by atoms with van der Waals surface area (Å²) in [5.74, 6) is 0. The van der Waals surface area contributed by atoms with Crippen LogP contribution in [0.25, 0.3) is 0 Å². The van der Waals surface area contributed by atoms with Gasteiger partial charge in [-0.25, -0.2) is 4.79 Å². The van der Waals surface area contributed by atoms with Crippen LogP contribution in [-0.4, -0.2) is 35.3 Å². The lowest BCUT2D eigenvalue weighted by atomic mass is 10.1. The molecule has 0 saturated carbocycles. The monoisotopic (exact) mass is 282 g/mol. The minimum Gasteiger partial charge on any atom is -0.395 e. The summed E-state index contributed by atoms with van der Waals surface area (Å²) >= 11 is 1.54. The van der Waals surface area contributed by atoms with E-state index in [1.165, 1.54) is 17.3 Å². The van der Waals surface area contributed by atoms with Gasteiger partial charge in [0, 0.05) is 17.0 Å². The summed E-state index contributed by atoms with van der Waals surface area (Å²) in [6.07, 6.45) is 1.92. The fraction of sp³-hybridized carbons (Fsp3) is 0.500. The van der Waals surface area contributed by atoms with Gasteiger partial charge in [0.05, 0.1) is 6.61 Å². The summed E-state index contributed by atoms with van der Waals surface area (Å²) in [6, 6.07) is 5.46. The number of thioether (sulfide) groups is 1. The molecule has 2 unspecified atom stereocenters.